The Bertz CT molecular complexity index is 622. The lowest BCUT2D eigenvalue weighted by Crippen LogP contribution is -2.52. The molecule has 2 N–H and O–H groups in total. The molecule has 122 valence electrons. The molecule has 6 heteroatoms. The molecule has 2 fully saturated rings. The van der Waals surface area contributed by atoms with Gasteiger partial charge in [-0.2, -0.15) is 0 Å². The molecule has 1 unspecified atom stereocenters. The quantitative estimate of drug-likeness (QED) is 0.833. The largest absolute Gasteiger partial charge is 0.465 e. The first-order valence-corrected chi connectivity index (χ1v) is 7.93. The molecule has 0 radical (unpaired) electrons. The van der Waals surface area contributed by atoms with E-state index in [1.54, 1.807) is 4.90 Å². The molecule has 1 atom stereocenters. The maximum Gasteiger partial charge on any atom is 0.405 e. The van der Waals surface area contributed by atoms with Crippen molar-refractivity contribution in [3.05, 3.63) is 29.8 Å². The number of nitrogens with zero attached hydrogens (tertiary/aromatic N) is 1. The van der Waals surface area contributed by atoms with Crippen LogP contribution < -0.4 is 10.2 Å². The van der Waals surface area contributed by atoms with Crippen molar-refractivity contribution in [2.75, 3.05) is 11.4 Å². The third kappa shape index (κ3) is 2.81. The maximum absolute atomic E-state index is 12.4. The van der Waals surface area contributed by atoms with Crippen LogP contribution in [0.25, 0.3) is 0 Å². The molecule has 6 nitrogen and oxygen atoms in total. The molecular formula is C17H20N2O4. The van der Waals surface area contributed by atoms with Crippen LogP contribution in [0.2, 0.25) is 0 Å². The number of carboxylic acid groups (broad SMARTS) is 1. The standard InChI is InChI=1S/C17H20N2O4/c20-11-17(8-2-9-17)12-4-6-13(7-5-12)19-10-1-3-14(15(19)21)18-16(22)23/h4-7,11,14,18H,1-3,8-10H2,(H,22,23). The Labute approximate surface area is 134 Å². The molecule has 23 heavy (non-hydrogen) atoms. The van der Waals surface area contributed by atoms with Gasteiger partial charge in [0.2, 0.25) is 5.91 Å². The number of hydrogen-bond acceptors (Lipinski definition) is 3. The molecule has 1 aromatic rings. The highest BCUT2D eigenvalue weighted by Crippen LogP contribution is 2.42. The van der Waals surface area contributed by atoms with Gasteiger partial charge in [-0.05, 0) is 43.4 Å². The monoisotopic (exact) mass is 316 g/mol. The molecule has 0 aromatic heterocycles. The number of piperidine rings is 1. The van der Waals surface area contributed by atoms with Gasteiger partial charge >= 0.3 is 6.09 Å². The molecule has 1 saturated carbocycles. The second kappa shape index (κ2) is 6.02. The number of carbonyl (C=O) groups is 3. The summed E-state index contributed by atoms with van der Waals surface area (Å²) in [6, 6.07) is 6.82. The minimum absolute atomic E-state index is 0.222. The lowest BCUT2D eigenvalue weighted by molar-refractivity contribution is -0.121. The number of amides is 2. The summed E-state index contributed by atoms with van der Waals surface area (Å²) in [6.07, 6.45) is 3.94. The molecule has 0 bridgehead atoms. The summed E-state index contributed by atoms with van der Waals surface area (Å²) in [5, 5.41) is 11.1. The topological polar surface area (TPSA) is 86.7 Å². The summed E-state index contributed by atoms with van der Waals surface area (Å²) in [4.78, 5) is 36.2. The van der Waals surface area contributed by atoms with Crippen molar-refractivity contribution in [2.24, 2.45) is 0 Å². The van der Waals surface area contributed by atoms with Crippen LogP contribution >= 0.6 is 0 Å². The van der Waals surface area contributed by atoms with Crippen LogP contribution in [0.5, 0.6) is 0 Å². The lowest BCUT2D eigenvalue weighted by Gasteiger charge is -2.37. The highest BCUT2D eigenvalue weighted by Gasteiger charge is 2.38. The maximum atomic E-state index is 12.4. The first kappa shape index (κ1) is 15.5. The molecule has 3 rings (SSSR count). The van der Waals surface area contributed by atoms with Gasteiger partial charge in [-0.15, -0.1) is 0 Å². The van der Waals surface area contributed by atoms with E-state index in [1.807, 2.05) is 24.3 Å². The first-order valence-electron chi connectivity index (χ1n) is 7.93. The Balaban J connectivity index is 1.77. The number of nitrogens with one attached hydrogen (secondary N) is 1. The molecule has 2 aliphatic rings. The summed E-state index contributed by atoms with van der Waals surface area (Å²) >= 11 is 0. The smallest absolute Gasteiger partial charge is 0.405 e. The molecule has 1 heterocycles. The SMILES string of the molecule is O=CC1(c2ccc(N3CCCC(NC(=O)O)C3=O)cc2)CCC1. The van der Waals surface area contributed by atoms with E-state index in [9.17, 15) is 14.4 Å². The molecule has 1 aliphatic carbocycles. The zero-order valence-electron chi connectivity index (χ0n) is 12.8. The molecule has 2 amide bonds. The summed E-state index contributed by atoms with van der Waals surface area (Å²) < 4.78 is 0. The van der Waals surface area contributed by atoms with Crippen molar-refractivity contribution >= 4 is 24.0 Å². The van der Waals surface area contributed by atoms with Gasteiger partial charge in [-0.25, -0.2) is 4.79 Å². The number of hydrogen-bond donors (Lipinski definition) is 2. The van der Waals surface area contributed by atoms with Crippen LogP contribution in [-0.4, -0.2) is 36.0 Å². The van der Waals surface area contributed by atoms with E-state index < -0.39 is 12.1 Å². The number of benzene rings is 1. The summed E-state index contributed by atoms with van der Waals surface area (Å²) in [7, 11) is 0. The third-order valence-electron chi connectivity index (χ3n) is 4.96. The van der Waals surface area contributed by atoms with Gasteiger partial charge < -0.3 is 20.1 Å². The van der Waals surface area contributed by atoms with E-state index in [0.717, 1.165) is 43.2 Å². The summed E-state index contributed by atoms with van der Waals surface area (Å²) in [6.45, 7) is 0.578. The predicted octanol–water partition coefficient (Wildman–Crippen LogP) is 2.07. The fourth-order valence-electron chi connectivity index (χ4n) is 3.42. The fourth-order valence-corrected chi connectivity index (χ4v) is 3.42. The van der Waals surface area contributed by atoms with E-state index in [0.29, 0.717) is 13.0 Å². The Morgan fingerprint density at radius 1 is 1.26 bits per heavy atom. The highest BCUT2D eigenvalue weighted by molar-refractivity contribution is 5.99. The van der Waals surface area contributed by atoms with Gasteiger partial charge in [0, 0.05) is 12.2 Å². The van der Waals surface area contributed by atoms with Crippen molar-refractivity contribution < 1.29 is 19.5 Å². The van der Waals surface area contributed by atoms with E-state index in [2.05, 4.69) is 5.32 Å². The average molecular weight is 316 g/mol. The minimum Gasteiger partial charge on any atom is -0.465 e. The van der Waals surface area contributed by atoms with E-state index in [4.69, 9.17) is 5.11 Å². The average Bonchev–Trinajstić information content (AvgIpc) is 2.49. The number of anilines is 1. The summed E-state index contributed by atoms with van der Waals surface area (Å²) in [5.41, 5.74) is 1.39. The number of carbonyl (C=O) groups excluding carboxylic acids is 2. The van der Waals surface area contributed by atoms with Gasteiger partial charge in [0.25, 0.3) is 0 Å². The Kier molecular flexibility index (Phi) is 4.07. The van der Waals surface area contributed by atoms with Crippen LogP contribution in [0.1, 0.15) is 37.7 Å². The molecule has 1 saturated heterocycles. The van der Waals surface area contributed by atoms with Crippen LogP contribution in [-0.2, 0) is 15.0 Å². The van der Waals surface area contributed by atoms with Gasteiger partial charge in [0.15, 0.2) is 0 Å². The zero-order valence-corrected chi connectivity index (χ0v) is 12.8. The predicted molar refractivity (Wildman–Crippen MR) is 84.6 cm³/mol. The second-order valence-electron chi connectivity index (χ2n) is 6.31. The third-order valence-corrected chi connectivity index (χ3v) is 4.96. The van der Waals surface area contributed by atoms with Gasteiger partial charge in [-0.3, -0.25) is 4.79 Å². The molecule has 1 aliphatic heterocycles. The van der Waals surface area contributed by atoms with Crippen molar-refractivity contribution in [3.63, 3.8) is 0 Å². The van der Waals surface area contributed by atoms with Gasteiger partial charge in [-0.1, -0.05) is 18.6 Å². The minimum atomic E-state index is -1.18. The Hall–Kier alpha value is -2.37. The molecule has 1 aromatic carbocycles. The Morgan fingerprint density at radius 3 is 2.48 bits per heavy atom. The van der Waals surface area contributed by atoms with Crippen LogP contribution in [0.15, 0.2) is 24.3 Å². The van der Waals surface area contributed by atoms with Crippen molar-refractivity contribution in [3.8, 4) is 0 Å². The molecule has 0 spiro atoms. The van der Waals surface area contributed by atoms with E-state index >= 15 is 0 Å². The Morgan fingerprint density at radius 2 is 1.96 bits per heavy atom. The van der Waals surface area contributed by atoms with Crippen molar-refractivity contribution in [2.45, 2.75) is 43.6 Å². The normalized spacial score (nSPS) is 23.0. The van der Waals surface area contributed by atoms with Crippen LogP contribution in [0.3, 0.4) is 0 Å². The first-order chi connectivity index (χ1) is 11.1. The highest BCUT2D eigenvalue weighted by atomic mass is 16.4. The van der Waals surface area contributed by atoms with Crippen LogP contribution in [0.4, 0.5) is 10.5 Å². The van der Waals surface area contributed by atoms with E-state index in [1.165, 1.54) is 0 Å². The van der Waals surface area contributed by atoms with Gasteiger partial charge in [0.1, 0.15) is 12.3 Å². The van der Waals surface area contributed by atoms with E-state index in [-0.39, 0.29) is 11.3 Å². The fraction of sp³-hybridized carbons (Fsp3) is 0.471. The molecular weight excluding hydrogens is 296 g/mol. The van der Waals surface area contributed by atoms with Crippen molar-refractivity contribution in [1.82, 2.24) is 5.32 Å². The number of aldehydes is 1. The number of rotatable bonds is 4. The second-order valence-corrected chi connectivity index (χ2v) is 6.31. The lowest BCUT2D eigenvalue weighted by atomic mass is 9.65. The van der Waals surface area contributed by atoms with Crippen molar-refractivity contribution in [1.29, 1.82) is 0 Å². The van der Waals surface area contributed by atoms with Gasteiger partial charge in [0.05, 0.1) is 5.41 Å². The summed E-state index contributed by atoms with van der Waals surface area (Å²) in [5.74, 6) is -0.222. The van der Waals surface area contributed by atoms with Crippen LogP contribution in [0, 0.1) is 0 Å². The zero-order chi connectivity index (χ0) is 16.4.